The number of benzene rings is 2. The van der Waals surface area contributed by atoms with Crippen LogP contribution < -0.4 is 10.2 Å². The zero-order valence-corrected chi connectivity index (χ0v) is 16.1. The summed E-state index contributed by atoms with van der Waals surface area (Å²) >= 11 is 0. The number of amides is 2. The van der Waals surface area contributed by atoms with E-state index in [1.165, 1.54) is 0 Å². The summed E-state index contributed by atoms with van der Waals surface area (Å²) in [5, 5.41) is 2.94. The zero-order chi connectivity index (χ0) is 19.1. The van der Waals surface area contributed by atoms with Gasteiger partial charge >= 0.3 is 0 Å². The number of carbonyl (C=O) groups excluding carboxylic acids is 2. The van der Waals surface area contributed by atoms with E-state index in [0.29, 0.717) is 6.54 Å². The Morgan fingerprint density at radius 2 is 1.58 bits per heavy atom. The van der Waals surface area contributed by atoms with E-state index in [1.54, 1.807) is 11.8 Å². The van der Waals surface area contributed by atoms with Crippen molar-refractivity contribution < 1.29 is 9.59 Å². The van der Waals surface area contributed by atoms with Crippen molar-refractivity contribution in [2.24, 2.45) is 0 Å². The summed E-state index contributed by atoms with van der Waals surface area (Å²) in [5.74, 6) is -0.123. The zero-order valence-electron chi connectivity index (χ0n) is 16.1. The molecule has 2 amide bonds. The normalized spacial score (nSPS) is 10.5. The van der Waals surface area contributed by atoms with Crippen LogP contribution in [0.25, 0.3) is 0 Å². The van der Waals surface area contributed by atoms with Gasteiger partial charge < -0.3 is 10.2 Å². The third kappa shape index (κ3) is 4.72. The van der Waals surface area contributed by atoms with Crippen molar-refractivity contribution in [3.8, 4) is 0 Å². The molecule has 0 fully saturated rings. The van der Waals surface area contributed by atoms with Gasteiger partial charge in [-0.05, 0) is 42.5 Å². The van der Waals surface area contributed by atoms with Gasteiger partial charge in [-0.3, -0.25) is 9.59 Å². The Morgan fingerprint density at radius 1 is 0.962 bits per heavy atom. The average molecular weight is 352 g/mol. The lowest BCUT2D eigenvalue weighted by Crippen LogP contribution is -2.33. The topological polar surface area (TPSA) is 49.4 Å². The average Bonchev–Trinajstić information content (AvgIpc) is 2.63. The fraction of sp³-hybridized carbons (Fsp3) is 0.364. The van der Waals surface area contributed by atoms with Gasteiger partial charge in [0, 0.05) is 31.3 Å². The highest BCUT2D eigenvalue weighted by molar-refractivity contribution is 5.96. The first kappa shape index (κ1) is 19.7. The lowest BCUT2D eigenvalue weighted by atomic mass is 10.0. The first-order valence-corrected chi connectivity index (χ1v) is 9.22. The van der Waals surface area contributed by atoms with Crippen LogP contribution in [0.3, 0.4) is 0 Å². The van der Waals surface area contributed by atoms with Crippen LogP contribution in [0.4, 0.5) is 11.4 Å². The van der Waals surface area contributed by atoms with Crippen LogP contribution in [0.2, 0.25) is 0 Å². The molecule has 0 aromatic heterocycles. The molecular formula is C22H28N2O2. The first-order chi connectivity index (χ1) is 12.5. The van der Waals surface area contributed by atoms with Gasteiger partial charge in [-0.15, -0.1) is 0 Å². The quantitative estimate of drug-likeness (QED) is 0.797. The minimum Gasteiger partial charge on any atom is -0.326 e. The highest BCUT2D eigenvalue weighted by atomic mass is 16.2. The van der Waals surface area contributed by atoms with Crippen molar-refractivity contribution in [3.05, 3.63) is 59.2 Å². The van der Waals surface area contributed by atoms with Crippen molar-refractivity contribution in [3.63, 3.8) is 0 Å². The van der Waals surface area contributed by atoms with Crippen LogP contribution in [0.1, 0.15) is 43.9 Å². The Labute approximate surface area is 156 Å². The monoisotopic (exact) mass is 352 g/mol. The van der Waals surface area contributed by atoms with Gasteiger partial charge in [-0.2, -0.15) is 0 Å². The second-order valence-electron chi connectivity index (χ2n) is 6.42. The summed E-state index contributed by atoms with van der Waals surface area (Å²) in [4.78, 5) is 26.4. The molecule has 0 saturated carbocycles. The number of hydrogen-bond donors (Lipinski definition) is 1. The molecule has 2 aromatic rings. The number of carbonyl (C=O) groups is 2. The molecule has 0 saturated heterocycles. The SMILES string of the molecule is CCc1cccc(CC)c1N(CCC(=O)Nc1ccccc1C)C(C)=O. The molecule has 0 aliphatic carbocycles. The first-order valence-electron chi connectivity index (χ1n) is 9.22. The number of aryl methyl sites for hydroxylation is 3. The molecule has 0 radical (unpaired) electrons. The number of nitrogens with zero attached hydrogens (tertiary/aromatic N) is 1. The number of hydrogen-bond acceptors (Lipinski definition) is 2. The van der Waals surface area contributed by atoms with E-state index in [2.05, 4.69) is 31.3 Å². The smallest absolute Gasteiger partial charge is 0.226 e. The molecule has 0 bridgehead atoms. The lowest BCUT2D eigenvalue weighted by Gasteiger charge is -2.26. The molecule has 4 heteroatoms. The predicted molar refractivity (Wildman–Crippen MR) is 108 cm³/mol. The van der Waals surface area contributed by atoms with Gasteiger partial charge in [0.1, 0.15) is 0 Å². The van der Waals surface area contributed by atoms with E-state index < -0.39 is 0 Å². The predicted octanol–water partition coefficient (Wildman–Crippen LogP) is 4.50. The van der Waals surface area contributed by atoms with E-state index in [0.717, 1.165) is 40.9 Å². The number of rotatable bonds is 7. The third-order valence-corrected chi connectivity index (χ3v) is 4.60. The second kappa shape index (κ2) is 9.18. The van der Waals surface area contributed by atoms with Crippen molar-refractivity contribution in [2.45, 2.75) is 47.0 Å². The summed E-state index contributed by atoms with van der Waals surface area (Å²) in [6.07, 6.45) is 1.96. The molecule has 26 heavy (non-hydrogen) atoms. The molecule has 0 heterocycles. The van der Waals surface area contributed by atoms with E-state index in [-0.39, 0.29) is 18.2 Å². The molecule has 0 atom stereocenters. The van der Waals surface area contributed by atoms with E-state index in [9.17, 15) is 9.59 Å². The maximum Gasteiger partial charge on any atom is 0.226 e. The van der Waals surface area contributed by atoms with Crippen LogP contribution in [0.15, 0.2) is 42.5 Å². The van der Waals surface area contributed by atoms with Gasteiger partial charge in [0.05, 0.1) is 0 Å². The molecule has 2 rings (SSSR count). The lowest BCUT2D eigenvalue weighted by molar-refractivity contribution is -0.117. The highest BCUT2D eigenvalue weighted by Gasteiger charge is 2.19. The van der Waals surface area contributed by atoms with Crippen molar-refractivity contribution in [1.82, 2.24) is 0 Å². The third-order valence-electron chi connectivity index (χ3n) is 4.60. The molecule has 2 aromatic carbocycles. The van der Waals surface area contributed by atoms with E-state index in [4.69, 9.17) is 0 Å². The molecule has 1 N–H and O–H groups in total. The summed E-state index contributed by atoms with van der Waals surface area (Å²) in [6, 6.07) is 13.8. The fourth-order valence-corrected chi connectivity index (χ4v) is 3.13. The Kier molecular flexibility index (Phi) is 6.96. The van der Waals surface area contributed by atoms with Crippen LogP contribution in [0, 0.1) is 6.92 Å². The Bertz CT molecular complexity index is 761. The highest BCUT2D eigenvalue weighted by Crippen LogP contribution is 2.27. The van der Waals surface area contributed by atoms with Crippen molar-refractivity contribution in [2.75, 3.05) is 16.8 Å². The molecule has 0 spiro atoms. The van der Waals surface area contributed by atoms with Crippen LogP contribution in [0.5, 0.6) is 0 Å². The number of para-hydroxylation sites is 2. The maximum atomic E-state index is 12.4. The fourth-order valence-electron chi connectivity index (χ4n) is 3.13. The largest absolute Gasteiger partial charge is 0.326 e. The van der Waals surface area contributed by atoms with Crippen LogP contribution >= 0.6 is 0 Å². The molecule has 4 nitrogen and oxygen atoms in total. The summed E-state index contributed by atoms with van der Waals surface area (Å²) in [5.41, 5.74) is 5.08. The van der Waals surface area contributed by atoms with Gasteiger partial charge in [-0.1, -0.05) is 50.2 Å². The van der Waals surface area contributed by atoms with Crippen molar-refractivity contribution >= 4 is 23.2 Å². The molecule has 0 aliphatic heterocycles. The molecule has 0 unspecified atom stereocenters. The molecule has 0 aliphatic rings. The summed E-state index contributed by atoms with van der Waals surface area (Å²) in [6.45, 7) is 8.06. The van der Waals surface area contributed by atoms with Gasteiger partial charge in [0.2, 0.25) is 11.8 Å². The standard InChI is InChI=1S/C22H28N2O2/c1-5-18-11-9-12-19(6-2)22(18)24(17(4)25)15-14-21(26)23-20-13-8-7-10-16(20)3/h7-13H,5-6,14-15H2,1-4H3,(H,23,26). The van der Waals surface area contributed by atoms with Crippen LogP contribution in [-0.4, -0.2) is 18.4 Å². The summed E-state index contributed by atoms with van der Waals surface area (Å²) < 4.78 is 0. The minimum atomic E-state index is -0.0856. The number of anilines is 2. The molecular weight excluding hydrogens is 324 g/mol. The van der Waals surface area contributed by atoms with E-state index in [1.807, 2.05) is 37.3 Å². The van der Waals surface area contributed by atoms with Gasteiger partial charge in [0.25, 0.3) is 0 Å². The Balaban J connectivity index is 2.16. The van der Waals surface area contributed by atoms with E-state index >= 15 is 0 Å². The van der Waals surface area contributed by atoms with Crippen molar-refractivity contribution in [1.29, 1.82) is 0 Å². The van der Waals surface area contributed by atoms with Gasteiger partial charge in [-0.25, -0.2) is 0 Å². The Morgan fingerprint density at radius 3 is 2.12 bits per heavy atom. The minimum absolute atomic E-state index is 0.0377. The van der Waals surface area contributed by atoms with Gasteiger partial charge in [0.15, 0.2) is 0 Å². The number of nitrogens with one attached hydrogen (secondary N) is 1. The van der Waals surface area contributed by atoms with Crippen LogP contribution in [-0.2, 0) is 22.4 Å². The summed E-state index contributed by atoms with van der Waals surface area (Å²) in [7, 11) is 0. The molecule has 138 valence electrons. The second-order valence-corrected chi connectivity index (χ2v) is 6.42. The maximum absolute atomic E-state index is 12.4. The Hall–Kier alpha value is -2.62.